The fourth-order valence-corrected chi connectivity index (χ4v) is 2.42. The van der Waals surface area contributed by atoms with Gasteiger partial charge in [-0.25, -0.2) is 0 Å². The van der Waals surface area contributed by atoms with E-state index in [1.807, 2.05) is 6.92 Å². The first-order valence-corrected chi connectivity index (χ1v) is 7.73. The van der Waals surface area contributed by atoms with Crippen molar-refractivity contribution in [3.05, 3.63) is 0 Å². The number of likely N-dealkylation sites (N-methyl/N-ethyl adjacent to an activating group) is 1. The molecule has 0 aliphatic heterocycles. The molecule has 0 saturated carbocycles. The molecule has 6 heteroatoms. The maximum atomic E-state index is 5.93. The molecule has 2 atom stereocenters. The third-order valence-corrected chi connectivity index (χ3v) is 3.36. The zero-order valence-corrected chi connectivity index (χ0v) is 16.9. The molecule has 0 aromatic heterocycles. The predicted molar refractivity (Wildman–Crippen MR) is 103 cm³/mol. The Hall–Kier alpha value is -0.0800. The van der Waals surface area contributed by atoms with Crippen LogP contribution in [-0.4, -0.2) is 56.3 Å². The van der Waals surface area contributed by atoms with Crippen molar-refractivity contribution < 1.29 is 4.74 Å². The van der Waals surface area contributed by atoms with Crippen LogP contribution in [0, 0.1) is 5.92 Å². The van der Waals surface area contributed by atoms with E-state index in [0.29, 0.717) is 24.5 Å². The van der Waals surface area contributed by atoms with Crippen LogP contribution in [0.5, 0.6) is 0 Å². The average Bonchev–Trinajstić information content (AvgIpc) is 2.36. The van der Waals surface area contributed by atoms with E-state index in [2.05, 4.69) is 42.9 Å². The Morgan fingerprint density at radius 1 is 1.24 bits per heavy atom. The summed E-state index contributed by atoms with van der Waals surface area (Å²) in [6.45, 7) is 14.4. The number of guanidine groups is 1. The van der Waals surface area contributed by atoms with Gasteiger partial charge >= 0.3 is 0 Å². The minimum Gasteiger partial charge on any atom is -0.383 e. The van der Waals surface area contributed by atoms with Gasteiger partial charge in [0, 0.05) is 19.2 Å². The summed E-state index contributed by atoms with van der Waals surface area (Å²) in [6.07, 6.45) is 1.14. The smallest absolute Gasteiger partial charge is 0.188 e. The summed E-state index contributed by atoms with van der Waals surface area (Å²) < 4.78 is 5.07. The first-order chi connectivity index (χ1) is 9.44. The van der Waals surface area contributed by atoms with Crippen LogP contribution in [0.2, 0.25) is 0 Å². The lowest BCUT2D eigenvalue weighted by Crippen LogP contribution is -2.43. The van der Waals surface area contributed by atoms with E-state index in [9.17, 15) is 0 Å². The second-order valence-electron chi connectivity index (χ2n) is 5.73. The van der Waals surface area contributed by atoms with Gasteiger partial charge in [-0.2, -0.15) is 0 Å². The standard InChI is InChI=1S/C15H34N4O.HI/c1-7-19(8-2)14(9-12(3)4)10-17-15(16)18-13(5)11-20-6;/h12-14H,7-11H2,1-6H3,(H3,16,17,18);1H. The highest BCUT2D eigenvalue weighted by Crippen LogP contribution is 2.11. The highest BCUT2D eigenvalue weighted by Gasteiger charge is 2.16. The molecule has 0 radical (unpaired) electrons. The first kappa shape index (κ1) is 23.2. The normalized spacial score (nSPS) is 15.0. The van der Waals surface area contributed by atoms with Gasteiger partial charge in [0.25, 0.3) is 0 Å². The van der Waals surface area contributed by atoms with E-state index in [4.69, 9.17) is 10.5 Å². The van der Waals surface area contributed by atoms with Crippen molar-refractivity contribution in [1.82, 2.24) is 10.2 Å². The summed E-state index contributed by atoms with van der Waals surface area (Å²) >= 11 is 0. The summed E-state index contributed by atoms with van der Waals surface area (Å²) in [5.74, 6) is 1.17. The SMILES string of the molecule is CCN(CC)C(CN=C(N)NC(C)COC)CC(C)C.I. The molecular weight excluding hydrogens is 379 g/mol. The summed E-state index contributed by atoms with van der Waals surface area (Å²) in [6, 6.07) is 0.642. The molecule has 0 rings (SSSR count). The lowest BCUT2D eigenvalue weighted by molar-refractivity contribution is 0.179. The van der Waals surface area contributed by atoms with Gasteiger partial charge < -0.3 is 15.8 Å². The van der Waals surface area contributed by atoms with Crippen LogP contribution in [0.3, 0.4) is 0 Å². The molecular formula is C15H35IN4O. The fourth-order valence-electron chi connectivity index (χ4n) is 2.42. The van der Waals surface area contributed by atoms with Crippen LogP contribution >= 0.6 is 24.0 Å². The third-order valence-electron chi connectivity index (χ3n) is 3.36. The maximum Gasteiger partial charge on any atom is 0.188 e. The molecule has 0 fully saturated rings. The second kappa shape index (κ2) is 13.6. The van der Waals surface area contributed by atoms with Gasteiger partial charge in [0.05, 0.1) is 13.2 Å². The van der Waals surface area contributed by atoms with Crippen LogP contribution in [-0.2, 0) is 4.74 Å². The Balaban J connectivity index is 0. The first-order valence-electron chi connectivity index (χ1n) is 7.73. The summed E-state index contributed by atoms with van der Waals surface area (Å²) in [4.78, 5) is 6.96. The van der Waals surface area contributed by atoms with Gasteiger partial charge in [0.15, 0.2) is 5.96 Å². The Bertz CT molecular complexity index is 270. The van der Waals surface area contributed by atoms with Crippen LogP contribution in [0.15, 0.2) is 4.99 Å². The van der Waals surface area contributed by atoms with Crippen LogP contribution in [0.1, 0.15) is 41.0 Å². The second-order valence-corrected chi connectivity index (χ2v) is 5.73. The Kier molecular flexibility index (Phi) is 15.0. The van der Waals surface area contributed by atoms with Gasteiger partial charge in [-0.1, -0.05) is 27.7 Å². The van der Waals surface area contributed by atoms with Crippen molar-refractivity contribution in [3.8, 4) is 0 Å². The van der Waals surface area contributed by atoms with E-state index >= 15 is 0 Å². The van der Waals surface area contributed by atoms with Gasteiger partial charge in [0.2, 0.25) is 0 Å². The van der Waals surface area contributed by atoms with Crippen molar-refractivity contribution >= 4 is 29.9 Å². The van der Waals surface area contributed by atoms with E-state index in [1.165, 1.54) is 0 Å². The number of halogens is 1. The van der Waals surface area contributed by atoms with Crippen LogP contribution < -0.4 is 11.1 Å². The van der Waals surface area contributed by atoms with E-state index in [-0.39, 0.29) is 30.0 Å². The van der Waals surface area contributed by atoms with E-state index in [1.54, 1.807) is 7.11 Å². The van der Waals surface area contributed by atoms with Crippen molar-refractivity contribution in [2.45, 2.75) is 53.1 Å². The minimum atomic E-state index is 0. The van der Waals surface area contributed by atoms with Crippen molar-refractivity contribution in [1.29, 1.82) is 0 Å². The number of nitrogens with one attached hydrogen (secondary N) is 1. The summed E-state index contributed by atoms with van der Waals surface area (Å²) in [7, 11) is 1.69. The number of nitrogens with two attached hydrogens (primary N) is 1. The van der Waals surface area contributed by atoms with Gasteiger partial charge in [-0.15, -0.1) is 24.0 Å². The van der Waals surface area contributed by atoms with E-state index in [0.717, 1.165) is 26.1 Å². The number of aliphatic imine (C=N–C) groups is 1. The molecule has 0 heterocycles. The lowest BCUT2D eigenvalue weighted by Gasteiger charge is -2.30. The molecule has 21 heavy (non-hydrogen) atoms. The minimum absolute atomic E-state index is 0. The summed E-state index contributed by atoms with van der Waals surface area (Å²) in [5, 5.41) is 3.15. The maximum absolute atomic E-state index is 5.93. The van der Waals surface area contributed by atoms with Gasteiger partial charge in [-0.05, 0) is 32.4 Å². The topological polar surface area (TPSA) is 62.9 Å². The van der Waals surface area contributed by atoms with Gasteiger partial charge in [-0.3, -0.25) is 9.89 Å². The molecule has 0 aliphatic carbocycles. The largest absolute Gasteiger partial charge is 0.383 e. The molecule has 2 unspecified atom stereocenters. The Morgan fingerprint density at radius 3 is 2.24 bits per heavy atom. The quantitative estimate of drug-likeness (QED) is 0.327. The third kappa shape index (κ3) is 11.2. The van der Waals surface area contributed by atoms with Crippen LogP contribution in [0.4, 0.5) is 0 Å². The predicted octanol–water partition coefficient (Wildman–Crippen LogP) is 2.30. The van der Waals surface area contributed by atoms with E-state index < -0.39 is 0 Å². The molecule has 0 amide bonds. The van der Waals surface area contributed by atoms with Crippen molar-refractivity contribution in [2.24, 2.45) is 16.6 Å². The Labute approximate surface area is 148 Å². The number of hydrogen-bond acceptors (Lipinski definition) is 3. The molecule has 0 aromatic rings. The van der Waals surface area contributed by atoms with Gasteiger partial charge in [0.1, 0.15) is 0 Å². The zero-order valence-electron chi connectivity index (χ0n) is 14.6. The Morgan fingerprint density at radius 2 is 1.81 bits per heavy atom. The van der Waals surface area contributed by atoms with Crippen molar-refractivity contribution in [2.75, 3.05) is 33.4 Å². The molecule has 0 aromatic carbocycles. The summed E-state index contributed by atoms with van der Waals surface area (Å²) in [5.41, 5.74) is 5.93. The van der Waals surface area contributed by atoms with Crippen LogP contribution in [0.25, 0.3) is 0 Å². The molecule has 0 aliphatic rings. The molecule has 3 N–H and O–H groups in total. The number of methoxy groups -OCH3 is 1. The number of nitrogens with zero attached hydrogens (tertiary/aromatic N) is 2. The lowest BCUT2D eigenvalue weighted by atomic mass is 10.0. The fraction of sp³-hybridized carbons (Fsp3) is 0.933. The molecule has 5 nitrogen and oxygen atoms in total. The molecule has 0 saturated heterocycles. The number of rotatable bonds is 10. The highest BCUT2D eigenvalue weighted by atomic mass is 127. The monoisotopic (exact) mass is 414 g/mol. The molecule has 128 valence electrons. The molecule has 0 spiro atoms. The number of hydrogen-bond donors (Lipinski definition) is 2. The highest BCUT2D eigenvalue weighted by molar-refractivity contribution is 14.0. The zero-order chi connectivity index (χ0) is 15.5. The average molecular weight is 414 g/mol. The number of ether oxygens (including phenoxy) is 1. The molecule has 0 bridgehead atoms. The van der Waals surface area contributed by atoms with Crippen molar-refractivity contribution in [3.63, 3.8) is 0 Å².